The van der Waals surface area contributed by atoms with E-state index in [-0.39, 0.29) is 0 Å². The standard InChI is InChI=1S/C11H23NO/c1-10(8-9-13-2)12-11-6-4-3-5-7-11/h10-12H,3-9H2,1-2H3. The molecule has 1 aliphatic rings. The molecule has 0 amide bonds. The Balaban J connectivity index is 2.07. The number of ether oxygens (including phenoxy) is 1. The van der Waals surface area contributed by atoms with Crippen molar-refractivity contribution in [3.05, 3.63) is 0 Å². The van der Waals surface area contributed by atoms with Gasteiger partial charge in [-0.15, -0.1) is 0 Å². The second-order valence-electron chi connectivity index (χ2n) is 4.18. The third-order valence-corrected chi connectivity index (χ3v) is 2.88. The zero-order valence-electron chi connectivity index (χ0n) is 9.01. The summed E-state index contributed by atoms with van der Waals surface area (Å²) in [7, 11) is 1.77. The van der Waals surface area contributed by atoms with Gasteiger partial charge in [0.05, 0.1) is 0 Å². The Labute approximate surface area is 82.0 Å². The zero-order chi connectivity index (χ0) is 9.52. The van der Waals surface area contributed by atoms with Crippen LogP contribution in [0.15, 0.2) is 0 Å². The second kappa shape index (κ2) is 6.39. The van der Waals surface area contributed by atoms with Gasteiger partial charge in [-0.2, -0.15) is 0 Å². The van der Waals surface area contributed by atoms with E-state index < -0.39 is 0 Å². The summed E-state index contributed by atoms with van der Waals surface area (Å²) in [5.74, 6) is 0. The van der Waals surface area contributed by atoms with Crippen molar-refractivity contribution in [3.63, 3.8) is 0 Å². The molecule has 0 aliphatic heterocycles. The molecule has 0 bridgehead atoms. The maximum absolute atomic E-state index is 5.06. The fourth-order valence-corrected chi connectivity index (χ4v) is 2.05. The summed E-state index contributed by atoms with van der Waals surface area (Å²) >= 11 is 0. The molecule has 0 aromatic rings. The minimum Gasteiger partial charge on any atom is -0.385 e. The highest BCUT2D eigenvalue weighted by molar-refractivity contribution is 4.74. The lowest BCUT2D eigenvalue weighted by Crippen LogP contribution is -2.38. The Hall–Kier alpha value is -0.0800. The molecule has 1 N–H and O–H groups in total. The molecule has 0 aromatic heterocycles. The summed E-state index contributed by atoms with van der Waals surface area (Å²) in [5.41, 5.74) is 0. The van der Waals surface area contributed by atoms with E-state index in [0.717, 1.165) is 19.1 Å². The van der Waals surface area contributed by atoms with E-state index >= 15 is 0 Å². The number of nitrogens with one attached hydrogen (secondary N) is 1. The van der Waals surface area contributed by atoms with Gasteiger partial charge >= 0.3 is 0 Å². The Morgan fingerprint density at radius 2 is 2.00 bits per heavy atom. The van der Waals surface area contributed by atoms with Crippen LogP contribution in [-0.4, -0.2) is 25.8 Å². The largest absolute Gasteiger partial charge is 0.385 e. The van der Waals surface area contributed by atoms with Crippen molar-refractivity contribution >= 4 is 0 Å². The molecule has 0 heterocycles. The highest BCUT2D eigenvalue weighted by atomic mass is 16.5. The van der Waals surface area contributed by atoms with Gasteiger partial charge in [-0.3, -0.25) is 0 Å². The van der Waals surface area contributed by atoms with Crippen LogP contribution in [0.4, 0.5) is 0 Å². The lowest BCUT2D eigenvalue weighted by Gasteiger charge is -2.26. The molecule has 0 saturated heterocycles. The molecule has 1 atom stereocenters. The molecule has 1 unspecified atom stereocenters. The zero-order valence-corrected chi connectivity index (χ0v) is 9.01. The van der Waals surface area contributed by atoms with Crippen molar-refractivity contribution in [2.24, 2.45) is 0 Å². The summed E-state index contributed by atoms with van der Waals surface area (Å²) in [6, 6.07) is 1.39. The Bertz CT molecular complexity index is 121. The van der Waals surface area contributed by atoms with Gasteiger partial charge in [0.2, 0.25) is 0 Å². The Morgan fingerprint density at radius 3 is 2.62 bits per heavy atom. The molecule has 1 saturated carbocycles. The Morgan fingerprint density at radius 1 is 1.31 bits per heavy atom. The van der Waals surface area contributed by atoms with E-state index in [1.54, 1.807) is 7.11 Å². The van der Waals surface area contributed by atoms with Gasteiger partial charge in [-0.05, 0) is 26.2 Å². The molecule has 1 aliphatic carbocycles. The van der Waals surface area contributed by atoms with Crippen molar-refractivity contribution in [2.75, 3.05) is 13.7 Å². The highest BCUT2D eigenvalue weighted by Gasteiger charge is 2.14. The monoisotopic (exact) mass is 185 g/mol. The first kappa shape index (κ1) is 11.0. The van der Waals surface area contributed by atoms with Crippen molar-refractivity contribution in [3.8, 4) is 0 Å². The molecule has 0 spiro atoms. The van der Waals surface area contributed by atoms with E-state index in [4.69, 9.17) is 4.74 Å². The summed E-state index contributed by atoms with van der Waals surface area (Å²) in [5, 5.41) is 3.67. The minimum atomic E-state index is 0.614. The van der Waals surface area contributed by atoms with Gasteiger partial charge in [-0.1, -0.05) is 19.3 Å². The fraction of sp³-hybridized carbons (Fsp3) is 1.00. The normalized spacial score (nSPS) is 21.7. The summed E-state index contributed by atoms with van der Waals surface area (Å²) in [6.45, 7) is 3.13. The van der Waals surface area contributed by atoms with Crippen LogP contribution in [0.25, 0.3) is 0 Å². The van der Waals surface area contributed by atoms with Crippen molar-refractivity contribution < 1.29 is 4.74 Å². The van der Waals surface area contributed by atoms with Crippen molar-refractivity contribution in [2.45, 2.75) is 57.5 Å². The van der Waals surface area contributed by atoms with Gasteiger partial charge < -0.3 is 10.1 Å². The van der Waals surface area contributed by atoms with Crippen molar-refractivity contribution in [1.82, 2.24) is 5.32 Å². The fourth-order valence-electron chi connectivity index (χ4n) is 2.05. The first-order valence-corrected chi connectivity index (χ1v) is 5.58. The van der Waals surface area contributed by atoms with E-state index in [1.165, 1.54) is 32.1 Å². The maximum Gasteiger partial charge on any atom is 0.0476 e. The van der Waals surface area contributed by atoms with E-state index in [2.05, 4.69) is 12.2 Å². The van der Waals surface area contributed by atoms with Crippen molar-refractivity contribution in [1.29, 1.82) is 0 Å². The number of hydrogen-bond acceptors (Lipinski definition) is 2. The molecule has 13 heavy (non-hydrogen) atoms. The predicted octanol–water partition coefficient (Wildman–Crippen LogP) is 2.33. The summed E-state index contributed by atoms with van der Waals surface area (Å²) < 4.78 is 5.06. The first-order valence-electron chi connectivity index (χ1n) is 5.58. The molecule has 2 nitrogen and oxygen atoms in total. The number of methoxy groups -OCH3 is 1. The van der Waals surface area contributed by atoms with Gasteiger partial charge in [0.25, 0.3) is 0 Å². The average molecular weight is 185 g/mol. The van der Waals surface area contributed by atoms with Crippen LogP contribution >= 0.6 is 0 Å². The van der Waals surface area contributed by atoms with Gasteiger partial charge in [0.1, 0.15) is 0 Å². The smallest absolute Gasteiger partial charge is 0.0476 e. The van der Waals surface area contributed by atoms with Gasteiger partial charge in [0.15, 0.2) is 0 Å². The SMILES string of the molecule is COCCC(C)NC1CCCCC1. The molecule has 78 valence electrons. The molecule has 0 radical (unpaired) electrons. The molecule has 1 rings (SSSR count). The van der Waals surface area contributed by atoms with Crippen LogP contribution < -0.4 is 5.32 Å². The highest BCUT2D eigenvalue weighted by Crippen LogP contribution is 2.17. The predicted molar refractivity (Wildman–Crippen MR) is 56.0 cm³/mol. The molecular formula is C11H23NO. The summed E-state index contributed by atoms with van der Waals surface area (Å²) in [6.07, 6.45) is 8.13. The molecular weight excluding hydrogens is 162 g/mol. The average Bonchev–Trinajstić information content (AvgIpc) is 2.16. The quantitative estimate of drug-likeness (QED) is 0.710. The first-order chi connectivity index (χ1) is 6.33. The molecule has 1 fully saturated rings. The van der Waals surface area contributed by atoms with Crippen LogP contribution in [0.2, 0.25) is 0 Å². The minimum absolute atomic E-state index is 0.614. The lowest BCUT2D eigenvalue weighted by molar-refractivity contribution is 0.180. The number of hydrogen-bond donors (Lipinski definition) is 1. The van der Waals surface area contributed by atoms with E-state index in [1.807, 2.05) is 0 Å². The van der Waals surface area contributed by atoms with Gasteiger partial charge in [0, 0.05) is 25.8 Å². The molecule has 2 heteroatoms. The van der Waals surface area contributed by atoms with Crippen LogP contribution in [0.1, 0.15) is 45.4 Å². The second-order valence-corrected chi connectivity index (χ2v) is 4.18. The van der Waals surface area contributed by atoms with Crippen LogP contribution in [0, 0.1) is 0 Å². The molecule has 0 aromatic carbocycles. The van der Waals surface area contributed by atoms with Crippen LogP contribution in [0.3, 0.4) is 0 Å². The van der Waals surface area contributed by atoms with Crippen LogP contribution in [-0.2, 0) is 4.74 Å². The summed E-state index contributed by atoms with van der Waals surface area (Å²) in [4.78, 5) is 0. The van der Waals surface area contributed by atoms with E-state index in [0.29, 0.717) is 6.04 Å². The van der Waals surface area contributed by atoms with Crippen LogP contribution in [0.5, 0.6) is 0 Å². The lowest BCUT2D eigenvalue weighted by atomic mass is 9.95. The number of rotatable bonds is 5. The van der Waals surface area contributed by atoms with Gasteiger partial charge in [-0.25, -0.2) is 0 Å². The van der Waals surface area contributed by atoms with E-state index in [9.17, 15) is 0 Å². The third kappa shape index (κ3) is 4.63. The maximum atomic E-state index is 5.06. The Kier molecular flexibility index (Phi) is 5.40. The topological polar surface area (TPSA) is 21.3 Å². The third-order valence-electron chi connectivity index (χ3n) is 2.88.